The Hall–Kier alpha value is -1.80. The fourth-order valence-corrected chi connectivity index (χ4v) is 2.29. The topological polar surface area (TPSA) is 62.9 Å². The molecule has 0 unspecified atom stereocenters. The summed E-state index contributed by atoms with van der Waals surface area (Å²) in [5, 5.41) is 3.15. The summed E-state index contributed by atoms with van der Waals surface area (Å²) < 4.78 is 5.74. The summed E-state index contributed by atoms with van der Waals surface area (Å²) in [6.45, 7) is 2.87. The summed E-state index contributed by atoms with van der Waals surface area (Å²) in [5.41, 5.74) is 8.30. The number of halogens is 1. The Labute approximate surface area is 173 Å². The Balaban J connectivity index is 0.00000338. The molecule has 0 heterocycles. The lowest BCUT2D eigenvalue weighted by Gasteiger charge is -2.11. The van der Waals surface area contributed by atoms with Crippen LogP contribution in [0.15, 0.2) is 59.6 Å². The Bertz CT molecular complexity index is 662. The summed E-state index contributed by atoms with van der Waals surface area (Å²) in [4.78, 5) is 6.49. The van der Waals surface area contributed by atoms with Gasteiger partial charge >= 0.3 is 0 Å². The fraction of sp³-hybridized carbons (Fsp3) is 0.350. The van der Waals surface area contributed by atoms with E-state index in [4.69, 9.17) is 10.5 Å². The molecular formula is C20H29IN4O. The van der Waals surface area contributed by atoms with Crippen molar-refractivity contribution in [2.45, 2.75) is 13.0 Å². The molecule has 0 spiro atoms. The van der Waals surface area contributed by atoms with E-state index >= 15 is 0 Å². The van der Waals surface area contributed by atoms with Crippen LogP contribution in [0.25, 0.3) is 0 Å². The highest BCUT2D eigenvalue weighted by Gasteiger charge is 1.99. The van der Waals surface area contributed by atoms with Gasteiger partial charge in [0.25, 0.3) is 0 Å². The van der Waals surface area contributed by atoms with Gasteiger partial charge in [0.2, 0.25) is 0 Å². The molecule has 142 valence electrons. The Morgan fingerprint density at radius 1 is 1.08 bits per heavy atom. The molecule has 2 rings (SSSR count). The third kappa shape index (κ3) is 9.05. The van der Waals surface area contributed by atoms with Crippen LogP contribution in [0, 0.1) is 0 Å². The van der Waals surface area contributed by atoms with Crippen LogP contribution in [-0.2, 0) is 13.0 Å². The monoisotopic (exact) mass is 468 g/mol. The molecule has 0 aliphatic carbocycles. The molecule has 0 aliphatic heterocycles. The van der Waals surface area contributed by atoms with E-state index in [9.17, 15) is 0 Å². The number of ether oxygens (including phenoxy) is 1. The molecule has 2 aromatic carbocycles. The van der Waals surface area contributed by atoms with Crippen molar-refractivity contribution in [1.29, 1.82) is 0 Å². The number of rotatable bonds is 9. The highest BCUT2D eigenvalue weighted by molar-refractivity contribution is 14.0. The van der Waals surface area contributed by atoms with Gasteiger partial charge in [-0.05, 0) is 43.8 Å². The van der Waals surface area contributed by atoms with Crippen molar-refractivity contribution in [3.63, 3.8) is 0 Å². The normalized spacial score (nSPS) is 11.1. The predicted octanol–water partition coefficient (Wildman–Crippen LogP) is 2.89. The van der Waals surface area contributed by atoms with Gasteiger partial charge in [-0.25, -0.2) is 4.99 Å². The third-order valence-electron chi connectivity index (χ3n) is 3.70. The van der Waals surface area contributed by atoms with Crippen molar-refractivity contribution in [2.75, 3.05) is 33.8 Å². The molecule has 0 bridgehead atoms. The summed E-state index contributed by atoms with van der Waals surface area (Å²) in [6.07, 6.45) is 0.923. The van der Waals surface area contributed by atoms with Gasteiger partial charge in [0.05, 0.1) is 6.54 Å². The van der Waals surface area contributed by atoms with Gasteiger partial charge in [-0.2, -0.15) is 0 Å². The zero-order chi connectivity index (χ0) is 17.9. The number of benzene rings is 2. The second-order valence-electron chi connectivity index (χ2n) is 6.16. The van der Waals surface area contributed by atoms with Crippen LogP contribution in [0.1, 0.15) is 11.1 Å². The first-order chi connectivity index (χ1) is 12.1. The summed E-state index contributed by atoms with van der Waals surface area (Å²) in [7, 11) is 4.06. The van der Waals surface area contributed by atoms with Gasteiger partial charge in [0.15, 0.2) is 5.96 Å². The molecule has 0 amide bonds. The van der Waals surface area contributed by atoms with E-state index in [-0.39, 0.29) is 24.0 Å². The standard InChI is InChI=1S/C20H28N4O.HI/c1-24(2)13-14-25-19-10-6-9-18(15-19)16-23-20(21)22-12-11-17-7-4-3-5-8-17;/h3-10,15H,11-14,16H2,1-2H3,(H3,21,22,23);1H. The van der Waals surface area contributed by atoms with E-state index in [1.165, 1.54) is 5.56 Å². The first-order valence-corrected chi connectivity index (χ1v) is 8.57. The van der Waals surface area contributed by atoms with Crippen LogP contribution in [0.2, 0.25) is 0 Å². The average molecular weight is 468 g/mol. The first-order valence-electron chi connectivity index (χ1n) is 8.57. The van der Waals surface area contributed by atoms with Crippen molar-refractivity contribution in [3.05, 3.63) is 65.7 Å². The minimum Gasteiger partial charge on any atom is -0.492 e. The average Bonchev–Trinajstić information content (AvgIpc) is 2.61. The van der Waals surface area contributed by atoms with Crippen molar-refractivity contribution in [2.24, 2.45) is 10.7 Å². The quantitative estimate of drug-likeness (QED) is 0.338. The van der Waals surface area contributed by atoms with E-state index < -0.39 is 0 Å². The number of hydrogen-bond acceptors (Lipinski definition) is 3. The van der Waals surface area contributed by atoms with Gasteiger partial charge in [-0.3, -0.25) is 0 Å². The number of likely N-dealkylation sites (N-methyl/N-ethyl adjacent to an activating group) is 1. The maximum absolute atomic E-state index is 5.94. The first kappa shape index (κ1) is 22.2. The van der Waals surface area contributed by atoms with Gasteiger partial charge in [-0.15, -0.1) is 24.0 Å². The molecule has 2 aromatic rings. The second-order valence-corrected chi connectivity index (χ2v) is 6.16. The van der Waals surface area contributed by atoms with Crippen LogP contribution in [-0.4, -0.2) is 44.7 Å². The number of aliphatic imine (C=N–C) groups is 1. The predicted molar refractivity (Wildman–Crippen MR) is 119 cm³/mol. The van der Waals surface area contributed by atoms with Crippen molar-refractivity contribution >= 4 is 29.9 Å². The minimum absolute atomic E-state index is 0. The Morgan fingerprint density at radius 2 is 1.81 bits per heavy atom. The maximum Gasteiger partial charge on any atom is 0.188 e. The highest BCUT2D eigenvalue weighted by Crippen LogP contribution is 2.14. The molecular weight excluding hydrogens is 439 g/mol. The molecule has 26 heavy (non-hydrogen) atoms. The lowest BCUT2D eigenvalue weighted by molar-refractivity contribution is 0.261. The Kier molecular flexibility index (Phi) is 10.7. The fourth-order valence-electron chi connectivity index (χ4n) is 2.29. The number of hydrogen-bond donors (Lipinski definition) is 2. The zero-order valence-corrected chi connectivity index (χ0v) is 17.9. The number of nitrogens with one attached hydrogen (secondary N) is 1. The molecule has 0 saturated carbocycles. The highest BCUT2D eigenvalue weighted by atomic mass is 127. The maximum atomic E-state index is 5.94. The molecule has 6 heteroatoms. The summed E-state index contributed by atoms with van der Waals surface area (Å²) in [5.74, 6) is 1.33. The SMILES string of the molecule is CN(C)CCOc1cccc(CN=C(N)NCCc2ccccc2)c1.I. The Morgan fingerprint density at radius 3 is 2.54 bits per heavy atom. The van der Waals surface area contributed by atoms with Crippen LogP contribution in [0.3, 0.4) is 0 Å². The van der Waals surface area contributed by atoms with Crippen molar-refractivity contribution < 1.29 is 4.74 Å². The van der Waals surface area contributed by atoms with Crippen LogP contribution >= 0.6 is 24.0 Å². The van der Waals surface area contributed by atoms with E-state index in [0.29, 0.717) is 19.1 Å². The minimum atomic E-state index is 0. The van der Waals surface area contributed by atoms with E-state index in [1.54, 1.807) is 0 Å². The molecule has 0 atom stereocenters. The van der Waals surface area contributed by atoms with Gasteiger partial charge in [0, 0.05) is 13.1 Å². The third-order valence-corrected chi connectivity index (χ3v) is 3.70. The zero-order valence-electron chi connectivity index (χ0n) is 15.5. The largest absolute Gasteiger partial charge is 0.492 e. The molecule has 3 N–H and O–H groups in total. The van der Waals surface area contributed by atoms with Crippen LogP contribution in [0.5, 0.6) is 5.75 Å². The van der Waals surface area contributed by atoms with Gasteiger partial charge in [-0.1, -0.05) is 42.5 Å². The van der Waals surface area contributed by atoms with Crippen LogP contribution < -0.4 is 15.8 Å². The van der Waals surface area contributed by atoms with E-state index in [1.807, 2.05) is 56.6 Å². The molecule has 0 aromatic heterocycles. The van der Waals surface area contributed by atoms with Gasteiger partial charge in [0.1, 0.15) is 12.4 Å². The van der Waals surface area contributed by atoms with E-state index in [2.05, 4.69) is 27.3 Å². The lowest BCUT2D eigenvalue weighted by Crippen LogP contribution is -2.33. The molecule has 5 nitrogen and oxygen atoms in total. The summed E-state index contributed by atoms with van der Waals surface area (Å²) in [6, 6.07) is 18.3. The number of guanidine groups is 1. The number of nitrogens with zero attached hydrogens (tertiary/aromatic N) is 2. The van der Waals surface area contributed by atoms with E-state index in [0.717, 1.165) is 30.8 Å². The molecule has 0 radical (unpaired) electrons. The lowest BCUT2D eigenvalue weighted by atomic mass is 10.1. The second kappa shape index (κ2) is 12.5. The number of nitrogens with two attached hydrogens (primary N) is 1. The smallest absolute Gasteiger partial charge is 0.188 e. The van der Waals surface area contributed by atoms with Crippen LogP contribution in [0.4, 0.5) is 0 Å². The molecule has 0 saturated heterocycles. The van der Waals surface area contributed by atoms with Crippen molar-refractivity contribution in [3.8, 4) is 5.75 Å². The van der Waals surface area contributed by atoms with Gasteiger partial charge < -0.3 is 20.7 Å². The van der Waals surface area contributed by atoms with Crippen molar-refractivity contribution in [1.82, 2.24) is 10.2 Å². The molecule has 0 aliphatic rings. The summed E-state index contributed by atoms with van der Waals surface area (Å²) >= 11 is 0. The molecule has 0 fully saturated rings.